The van der Waals surface area contributed by atoms with E-state index in [1.165, 1.54) is 83.5 Å². The second-order valence-corrected chi connectivity index (χ2v) is 6.97. The Bertz CT molecular complexity index is 250. The largest absolute Gasteiger partial charge is 0.481 e. The lowest BCUT2D eigenvalue weighted by molar-refractivity contribution is -0.140. The molecule has 0 fully saturated rings. The van der Waals surface area contributed by atoms with Gasteiger partial charge in [-0.1, -0.05) is 104 Å². The lowest BCUT2D eigenvalue weighted by Gasteiger charge is -2.08. The van der Waals surface area contributed by atoms with E-state index < -0.39 is 5.97 Å². The van der Waals surface area contributed by atoms with Crippen LogP contribution >= 0.6 is 0 Å². The Balaban J connectivity index is 3.12. The maximum atomic E-state index is 10.9. The highest BCUT2D eigenvalue weighted by molar-refractivity contribution is 5.71. The van der Waals surface area contributed by atoms with E-state index in [-0.39, 0.29) is 5.92 Å². The molecule has 0 aliphatic heterocycles. The Labute approximate surface area is 145 Å². The Morgan fingerprint density at radius 2 is 1.13 bits per heavy atom. The second-order valence-electron chi connectivity index (χ2n) is 6.97. The van der Waals surface area contributed by atoms with E-state index in [0.29, 0.717) is 6.42 Å². The van der Waals surface area contributed by atoms with Crippen LogP contribution in [0, 0.1) is 12.3 Å². The Morgan fingerprint density at radius 3 is 1.48 bits per heavy atom. The Morgan fingerprint density at radius 1 is 0.739 bits per heavy atom. The summed E-state index contributed by atoms with van der Waals surface area (Å²) in [6.07, 6.45) is 22.9. The Hall–Kier alpha value is -0.530. The van der Waals surface area contributed by atoms with Crippen molar-refractivity contribution in [2.24, 2.45) is 5.92 Å². The minimum Gasteiger partial charge on any atom is -0.481 e. The minimum absolute atomic E-state index is 0.239. The highest BCUT2D eigenvalue weighted by atomic mass is 16.4. The van der Waals surface area contributed by atoms with Crippen LogP contribution in [0.2, 0.25) is 0 Å². The zero-order chi connectivity index (χ0) is 17.2. The molecule has 0 saturated heterocycles. The van der Waals surface area contributed by atoms with Gasteiger partial charge in [0.05, 0.1) is 5.92 Å². The van der Waals surface area contributed by atoms with Gasteiger partial charge in [0.15, 0.2) is 0 Å². The maximum Gasteiger partial charge on any atom is 0.306 e. The average molecular weight is 326 g/mol. The summed E-state index contributed by atoms with van der Waals surface area (Å²) < 4.78 is 0. The fourth-order valence-electron chi connectivity index (χ4n) is 3.10. The van der Waals surface area contributed by atoms with Gasteiger partial charge in [0, 0.05) is 0 Å². The van der Waals surface area contributed by atoms with Gasteiger partial charge in [-0.15, -0.1) is 0 Å². The van der Waals surface area contributed by atoms with Gasteiger partial charge in [-0.25, -0.2) is 0 Å². The van der Waals surface area contributed by atoms with Crippen molar-refractivity contribution >= 4 is 5.97 Å². The number of unbranched alkanes of at least 4 members (excludes halogenated alkanes) is 14. The number of hydrogen-bond acceptors (Lipinski definition) is 1. The molecule has 1 radical (unpaired) electrons. The van der Waals surface area contributed by atoms with Crippen LogP contribution in [0.1, 0.15) is 117 Å². The first kappa shape index (κ1) is 22.5. The molecule has 0 amide bonds. The fourth-order valence-corrected chi connectivity index (χ4v) is 3.10. The van der Waals surface area contributed by atoms with Crippen LogP contribution in [-0.2, 0) is 4.79 Å². The predicted octanol–water partition coefficient (Wildman–Crippen LogP) is 7.17. The molecule has 0 aromatic heterocycles. The maximum absolute atomic E-state index is 10.9. The third-order valence-electron chi connectivity index (χ3n) is 4.77. The summed E-state index contributed by atoms with van der Waals surface area (Å²) in [5.74, 6) is -0.908. The molecular formula is C21H41O2. The van der Waals surface area contributed by atoms with Crippen molar-refractivity contribution < 1.29 is 9.90 Å². The summed E-state index contributed by atoms with van der Waals surface area (Å²) in [4.78, 5) is 10.9. The average Bonchev–Trinajstić information content (AvgIpc) is 2.54. The van der Waals surface area contributed by atoms with Crippen LogP contribution < -0.4 is 0 Å². The van der Waals surface area contributed by atoms with Crippen molar-refractivity contribution in [3.05, 3.63) is 6.42 Å². The van der Waals surface area contributed by atoms with Gasteiger partial charge in [0.25, 0.3) is 0 Å². The number of aliphatic carboxylic acids is 1. The van der Waals surface area contributed by atoms with Crippen LogP contribution in [0.4, 0.5) is 0 Å². The SMILES string of the molecule is CCCCCCCCCCCCCCCC[CH]C(CC)C(=O)O. The van der Waals surface area contributed by atoms with Gasteiger partial charge in [0.1, 0.15) is 0 Å². The first-order valence-corrected chi connectivity index (χ1v) is 10.3. The molecule has 0 heterocycles. The van der Waals surface area contributed by atoms with E-state index in [9.17, 15) is 4.79 Å². The van der Waals surface area contributed by atoms with Crippen LogP contribution in [0.5, 0.6) is 0 Å². The molecule has 23 heavy (non-hydrogen) atoms. The summed E-state index contributed by atoms with van der Waals surface area (Å²) in [5.41, 5.74) is 0. The number of carboxylic acids is 1. The second kappa shape index (κ2) is 17.8. The molecule has 0 aliphatic rings. The first-order chi connectivity index (χ1) is 11.2. The van der Waals surface area contributed by atoms with Gasteiger partial charge < -0.3 is 5.11 Å². The lowest BCUT2D eigenvalue weighted by atomic mass is 9.98. The zero-order valence-corrected chi connectivity index (χ0v) is 15.8. The smallest absolute Gasteiger partial charge is 0.306 e. The predicted molar refractivity (Wildman–Crippen MR) is 101 cm³/mol. The third-order valence-corrected chi connectivity index (χ3v) is 4.77. The van der Waals surface area contributed by atoms with Gasteiger partial charge in [-0.3, -0.25) is 4.79 Å². The number of carbonyl (C=O) groups is 1. The summed E-state index contributed by atoms with van der Waals surface area (Å²) in [6, 6.07) is 0. The van der Waals surface area contributed by atoms with E-state index >= 15 is 0 Å². The van der Waals surface area contributed by atoms with Crippen LogP contribution in [0.3, 0.4) is 0 Å². The number of hydrogen-bond donors (Lipinski definition) is 1. The van der Waals surface area contributed by atoms with E-state index in [0.717, 1.165) is 12.8 Å². The van der Waals surface area contributed by atoms with Gasteiger partial charge in [0.2, 0.25) is 0 Å². The first-order valence-electron chi connectivity index (χ1n) is 10.3. The van der Waals surface area contributed by atoms with Gasteiger partial charge in [-0.05, 0) is 19.3 Å². The van der Waals surface area contributed by atoms with Crippen molar-refractivity contribution in [2.75, 3.05) is 0 Å². The molecule has 1 atom stereocenters. The number of rotatable bonds is 18. The van der Waals surface area contributed by atoms with Crippen LogP contribution in [0.25, 0.3) is 0 Å². The van der Waals surface area contributed by atoms with E-state index in [4.69, 9.17) is 5.11 Å². The van der Waals surface area contributed by atoms with Gasteiger partial charge >= 0.3 is 5.97 Å². The quantitative estimate of drug-likeness (QED) is 0.271. The molecule has 0 saturated carbocycles. The molecular weight excluding hydrogens is 284 g/mol. The molecule has 137 valence electrons. The van der Waals surface area contributed by atoms with Crippen molar-refractivity contribution in [1.29, 1.82) is 0 Å². The standard InChI is InChI=1S/C21H41O2/c1-3-5-6-7-8-9-10-11-12-13-14-15-16-17-18-19-20(4-2)21(22)23/h19-20H,3-18H2,1-2H3,(H,22,23). The minimum atomic E-state index is -0.669. The van der Waals surface area contributed by atoms with E-state index in [1.807, 2.05) is 13.3 Å². The van der Waals surface area contributed by atoms with E-state index in [2.05, 4.69) is 6.92 Å². The highest BCUT2D eigenvalue weighted by Gasteiger charge is 2.13. The molecule has 0 aliphatic carbocycles. The number of carboxylic acid groups (broad SMARTS) is 1. The van der Waals surface area contributed by atoms with Crippen molar-refractivity contribution in [3.63, 3.8) is 0 Å². The molecule has 0 spiro atoms. The summed E-state index contributed by atoms with van der Waals surface area (Å²) in [6.45, 7) is 4.22. The monoisotopic (exact) mass is 325 g/mol. The Kier molecular flexibility index (Phi) is 17.4. The van der Waals surface area contributed by atoms with Crippen molar-refractivity contribution in [3.8, 4) is 0 Å². The molecule has 0 rings (SSSR count). The molecule has 2 nitrogen and oxygen atoms in total. The summed E-state index contributed by atoms with van der Waals surface area (Å²) in [7, 11) is 0. The van der Waals surface area contributed by atoms with Gasteiger partial charge in [-0.2, -0.15) is 0 Å². The molecule has 1 unspecified atom stereocenters. The summed E-state index contributed by atoms with van der Waals surface area (Å²) >= 11 is 0. The molecule has 0 aromatic carbocycles. The van der Waals surface area contributed by atoms with Crippen molar-refractivity contribution in [2.45, 2.75) is 117 Å². The highest BCUT2D eigenvalue weighted by Crippen LogP contribution is 2.16. The zero-order valence-electron chi connectivity index (χ0n) is 15.8. The molecule has 1 N–H and O–H groups in total. The molecule has 2 heteroatoms. The normalized spacial score (nSPS) is 12.4. The molecule has 0 aromatic rings. The summed E-state index contributed by atoms with van der Waals surface area (Å²) in [5, 5.41) is 8.96. The topological polar surface area (TPSA) is 37.3 Å². The van der Waals surface area contributed by atoms with E-state index in [1.54, 1.807) is 0 Å². The lowest BCUT2D eigenvalue weighted by Crippen LogP contribution is -2.12. The third kappa shape index (κ3) is 16.1. The fraction of sp³-hybridized carbons (Fsp3) is 0.905. The van der Waals surface area contributed by atoms with Crippen molar-refractivity contribution in [1.82, 2.24) is 0 Å². The van der Waals surface area contributed by atoms with Crippen LogP contribution in [0.15, 0.2) is 0 Å². The van der Waals surface area contributed by atoms with Crippen LogP contribution in [-0.4, -0.2) is 11.1 Å². The molecule has 0 bridgehead atoms.